The van der Waals surface area contributed by atoms with Crippen LogP contribution in [0.4, 0.5) is 5.69 Å². The van der Waals surface area contributed by atoms with Crippen molar-refractivity contribution in [2.24, 2.45) is 0 Å². The van der Waals surface area contributed by atoms with E-state index in [1.807, 2.05) is 0 Å². The minimum absolute atomic E-state index is 0.0556. The Labute approximate surface area is 129 Å². The number of hydrogen-bond acceptors (Lipinski definition) is 6. The number of thiocarbonyl (C=S) groups is 1. The van der Waals surface area contributed by atoms with Gasteiger partial charge in [-0.15, -0.1) is 0 Å². The molecule has 10 heteroatoms. The standard InChI is InChI=1S/C11H17N3O4S3/c1-7(2)13-11(19)14-21(17,18)10-6-8(20(3,15)16)4-5-9(10)12/h4-7H,12H2,1-3H3,(H2,13,14,19). The maximum Gasteiger partial charge on any atom is 0.265 e. The molecule has 0 aliphatic carbocycles. The van der Waals surface area contributed by atoms with Crippen LogP contribution in [0.25, 0.3) is 0 Å². The van der Waals surface area contributed by atoms with Crippen LogP contribution in [0.2, 0.25) is 0 Å². The minimum atomic E-state index is -4.06. The molecule has 0 radical (unpaired) electrons. The predicted molar refractivity (Wildman–Crippen MR) is 85.2 cm³/mol. The molecule has 0 fully saturated rings. The van der Waals surface area contributed by atoms with Crippen LogP contribution < -0.4 is 15.8 Å². The van der Waals surface area contributed by atoms with Gasteiger partial charge in [0.1, 0.15) is 4.90 Å². The second kappa shape index (κ2) is 6.16. The highest BCUT2D eigenvalue weighted by atomic mass is 32.2. The fourth-order valence-corrected chi connectivity index (χ4v) is 3.81. The molecule has 0 unspecified atom stereocenters. The number of nitrogens with one attached hydrogen (secondary N) is 2. The molecule has 1 aromatic rings. The summed E-state index contributed by atoms with van der Waals surface area (Å²) >= 11 is 4.87. The number of sulfonamides is 1. The highest BCUT2D eigenvalue weighted by molar-refractivity contribution is 7.92. The fourth-order valence-electron chi connectivity index (χ4n) is 1.45. The normalized spacial score (nSPS) is 12.2. The number of anilines is 1. The van der Waals surface area contributed by atoms with Gasteiger partial charge in [-0.1, -0.05) is 0 Å². The number of sulfone groups is 1. The number of rotatable bonds is 4. The van der Waals surface area contributed by atoms with Gasteiger partial charge in [-0.05, 0) is 44.3 Å². The van der Waals surface area contributed by atoms with Gasteiger partial charge in [-0.2, -0.15) is 0 Å². The molecular formula is C11H17N3O4S3. The SMILES string of the molecule is CC(C)NC(=S)NS(=O)(=O)c1cc(S(C)(=O)=O)ccc1N. The van der Waals surface area contributed by atoms with Gasteiger partial charge in [0.15, 0.2) is 14.9 Å². The molecular weight excluding hydrogens is 334 g/mol. The van der Waals surface area contributed by atoms with Gasteiger partial charge in [0.2, 0.25) is 0 Å². The maximum absolute atomic E-state index is 12.2. The third kappa shape index (κ3) is 4.83. The lowest BCUT2D eigenvalue weighted by atomic mass is 10.3. The second-order valence-corrected chi connectivity index (χ2v) is 8.78. The molecule has 7 nitrogen and oxygen atoms in total. The van der Waals surface area contributed by atoms with Crippen LogP contribution in [-0.2, 0) is 19.9 Å². The highest BCUT2D eigenvalue weighted by Gasteiger charge is 2.21. The van der Waals surface area contributed by atoms with Crippen molar-refractivity contribution in [3.63, 3.8) is 0 Å². The molecule has 0 heterocycles. The van der Waals surface area contributed by atoms with Crippen molar-refractivity contribution in [3.05, 3.63) is 18.2 Å². The fraction of sp³-hybridized carbons (Fsp3) is 0.364. The topological polar surface area (TPSA) is 118 Å². The first kappa shape index (κ1) is 17.7. The average Bonchev–Trinajstić information content (AvgIpc) is 2.25. The molecule has 0 amide bonds. The van der Waals surface area contributed by atoms with E-state index < -0.39 is 19.9 Å². The summed E-state index contributed by atoms with van der Waals surface area (Å²) in [6.45, 7) is 3.58. The van der Waals surface area contributed by atoms with Crippen LogP contribution in [0.15, 0.2) is 28.0 Å². The molecule has 118 valence electrons. The maximum atomic E-state index is 12.2. The first-order chi connectivity index (χ1) is 9.43. The third-order valence-corrected chi connectivity index (χ3v) is 5.21. The van der Waals surface area contributed by atoms with Crippen LogP contribution in [0, 0.1) is 0 Å². The highest BCUT2D eigenvalue weighted by Crippen LogP contribution is 2.22. The van der Waals surface area contributed by atoms with Gasteiger partial charge in [-0.3, -0.25) is 4.72 Å². The molecule has 0 aliphatic heterocycles. The summed E-state index contributed by atoms with van der Waals surface area (Å²) < 4.78 is 49.6. The van der Waals surface area contributed by atoms with E-state index in [4.69, 9.17) is 18.0 Å². The Kier molecular flexibility index (Phi) is 5.18. The van der Waals surface area contributed by atoms with Crippen LogP contribution in [0.5, 0.6) is 0 Å². The van der Waals surface area contributed by atoms with Gasteiger partial charge in [0.25, 0.3) is 10.0 Å². The van der Waals surface area contributed by atoms with Crippen molar-refractivity contribution < 1.29 is 16.8 Å². The number of nitrogens with two attached hydrogens (primary N) is 1. The van der Waals surface area contributed by atoms with Gasteiger partial charge >= 0.3 is 0 Å². The average molecular weight is 351 g/mol. The lowest BCUT2D eigenvalue weighted by Crippen LogP contribution is -2.42. The quantitative estimate of drug-likeness (QED) is 0.525. The molecule has 0 saturated carbocycles. The zero-order valence-electron chi connectivity index (χ0n) is 11.7. The van der Waals surface area contributed by atoms with Crippen molar-refractivity contribution >= 4 is 42.9 Å². The van der Waals surface area contributed by atoms with E-state index in [2.05, 4.69) is 10.0 Å². The molecule has 1 rings (SSSR count). The van der Waals surface area contributed by atoms with E-state index in [1.54, 1.807) is 13.8 Å². The lowest BCUT2D eigenvalue weighted by molar-refractivity contribution is 0.591. The molecule has 0 aliphatic rings. The van der Waals surface area contributed by atoms with E-state index >= 15 is 0 Å². The van der Waals surface area contributed by atoms with Crippen molar-refractivity contribution in [2.45, 2.75) is 29.7 Å². The number of hydrogen-bond donors (Lipinski definition) is 3. The van der Waals surface area contributed by atoms with Gasteiger partial charge in [0, 0.05) is 12.3 Å². The predicted octanol–water partition coefficient (Wildman–Crippen LogP) is 0.234. The largest absolute Gasteiger partial charge is 0.398 e. The van der Waals surface area contributed by atoms with Crippen LogP contribution in [0.1, 0.15) is 13.8 Å². The molecule has 0 aromatic heterocycles. The summed E-state index contributed by atoms with van der Waals surface area (Å²) in [6.07, 6.45) is 0.979. The zero-order valence-corrected chi connectivity index (χ0v) is 14.2. The summed E-state index contributed by atoms with van der Waals surface area (Å²) in [5, 5.41) is 2.63. The monoisotopic (exact) mass is 351 g/mol. The Morgan fingerprint density at radius 1 is 1.24 bits per heavy atom. The van der Waals surface area contributed by atoms with Crippen LogP contribution in [-0.4, -0.2) is 34.2 Å². The van der Waals surface area contributed by atoms with Crippen LogP contribution >= 0.6 is 12.2 Å². The summed E-state index contributed by atoms with van der Waals surface area (Å²) in [5.74, 6) is 0. The molecule has 0 saturated heterocycles. The smallest absolute Gasteiger partial charge is 0.265 e. The van der Waals surface area contributed by atoms with Crippen molar-refractivity contribution in [2.75, 3.05) is 12.0 Å². The minimum Gasteiger partial charge on any atom is -0.398 e. The Morgan fingerprint density at radius 2 is 1.81 bits per heavy atom. The Bertz CT molecular complexity index is 755. The van der Waals surface area contributed by atoms with Gasteiger partial charge < -0.3 is 11.1 Å². The number of benzene rings is 1. The summed E-state index contributed by atoms with van der Waals surface area (Å²) in [5.41, 5.74) is 5.55. The van der Waals surface area contributed by atoms with Gasteiger partial charge in [0.05, 0.1) is 10.6 Å². The van der Waals surface area contributed by atoms with E-state index in [0.29, 0.717) is 0 Å². The van der Waals surface area contributed by atoms with E-state index in [-0.39, 0.29) is 26.6 Å². The Balaban J connectivity index is 3.23. The number of nitrogen functional groups attached to an aromatic ring is 1. The first-order valence-corrected chi connectivity index (χ1v) is 9.64. The Morgan fingerprint density at radius 3 is 2.29 bits per heavy atom. The Hall–Kier alpha value is -1.39. The van der Waals surface area contributed by atoms with Crippen molar-refractivity contribution in [1.29, 1.82) is 0 Å². The lowest BCUT2D eigenvalue weighted by Gasteiger charge is -2.14. The van der Waals surface area contributed by atoms with Gasteiger partial charge in [-0.25, -0.2) is 16.8 Å². The zero-order chi connectivity index (χ0) is 16.4. The van der Waals surface area contributed by atoms with E-state index in [9.17, 15) is 16.8 Å². The third-order valence-electron chi connectivity index (χ3n) is 2.35. The summed E-state index contributed by atoms with van der Waals surface area (Å²) in [7, 11) is -7.61. The van der Waals surface area contributed by atoms with Crippen molar-refractivity contribution in [1.82, 2.24) is 10.0 Å². The molecule has 4 N–H and O–H groups in total. The summed E-state index contributed by atoms with van der Waals surface area (Å²) in [4.78, 5) is -0.474. The molecule has 1 aromatic carbocycles. The van der Waals surface area contributed by atoms with E-state index in [1.165, 1.54) is 12.1 Å². The molecule has 0 atom stereocenters. The molecule has 0 bridgehead atoms. The molecule has 0 spiro atoms. The first-order valence-electron chi connectivity index (χ1n) is 5.86. The second-order valence-electron chi connectivity index (χ2n) is 4.71. The summed E-state index contributed by atoms with van der Waals surface area (Å²) in [6, 6.07) is 3.42. The van der Waals surface area contributed by atoms with E-state index in [0.717, 1.165) is 12.3 Å². The molecule has 21 heavy (non-hydrogen) atoms. The van der Waals surface area contributed by atoms with Crippen molar-refractivity contribution in [3.8, 4) is 0 Å². The van der Waals surface area contributed by atoms with Crippen LogP contribution in [0.3, 0.4) is 0 Å².